The highest BCUT2D eigenvalue weighted by molar-refractivity contribution is 7.11. The first-order valence-corrected chi connectivity index (χ1v) is 7.39. The number of hydrogen-bond acceptors (Lipinski definition) is 4. The molecule has 2 unspecified atom stereocenters. The number of aromatic nitrogens is 1. The van der Waals surface area contributed by atoms with Crippen LogP contribution >= 0.6 is 11.3 Å². The Morgan fingerprint density at radius 1 is 1.39 bits per heavy atom. The lowest BCUT2D eigenvalue weighted by molar-refractivity contribution is -0.0134. The maximum Gasteiger partial charge on any atom is 0.123 e. The molecular formula is C14H26N2OS. The first-order valence-electron chi connectivity index (χ1n) is 6.57. The Kier molecular flexibility index (Phi) is 5.32. The van der Waals surface area contributed by atoms with Crippen LogP contribution in [0, 0.1) is 12.3 Å². The third-order valence-electron chi connectivity index (χ3n) is 3.02. The molecular weight excluding hydrogens is 244 g/mol. The third kappa shape index (κ3) is 3.53. The Morgan fingerprint density at radius 3 is 2.44 bits per heavy atom. The number of nitrogens with zero attached hydrogens (tertiary/aromatic N) is 1. The monoisotopic (exact) mass is 270 g/mol. The van der Waals surface area contributed by atoms with Gasteiger partial charge in [0, 0.05) is 17.5 Å². The maximum absolute atomic E-state index is 5.90. The maximum atomic E-state index is 5.90. The highest BCUT2D eigenvalue weighted by atomic mass is 32.1. The van der Waals surface area contributed by atoms with E-state index >= 15 is 0 Å². The van der Waals surface area contributed by atoms with Crippen molar-refractivity contribution in [2.24, 2.45) is 5.41 Å². The molecule has 0 aliphatic carbocycles. The minimum atomic E-state index is 0.0699. The summed E-state index contributed by atoms with van der Waals surface area (Å²) in [5.41, 5.74) is 1.19. The Labute approximate surface area is 115 Å². The van der Waals surface area contributed by atoms with E-state index in [-0.39, 0.29) is 11.5 Å². The second-order valence-corrected chi connectivity index (χ2v) is 6.78. The number of thiazole rings is 1. The van der Waals surface area contributed by atoms with E-state index < -0.39 is 0 Å². The van der Waals surface area contributed by atoms with Crippen LogP contribution in [0.1, 0.15) is 62.3 Å². The van der Waals surface area contributed by atoms with Gasteiger partial charge < -0.3 is 10.1 Å². The molecule has 0 amide bonds. The van der Waals surface area contributed by atoms with Crippen molar-refractivity contribution in [2.45, 2.75) is 53.7 Å². The largest absolute Gasteiger partial charge is 0.371 e. The van der Waals surface area contributed by atoms with Crippen molar-refractivity contribution in [3.63, 3.8) is 0 Å². The molecule has 0 aliphatic rings. The molecule has 0 saturated carbocycles. The van der Waals surface area contributed by atoms with Gasteiger partial charge in [-0.3, -0.25) is 0 Å². The predicted octanol–water partition coefficient (Wildman–Crippen LogP) is 3.86. The van der Waals surface area contributed by atoms with E-state index in [1.54, 1.807) is 11.3 Å². The molecule has 3 nitrogen and oxygen atoms in total. The van der Waals surface area contributed by atoms with Gasteiger partial charge in [0.05, 0.1) is 5.69 Å². The summed E-state index contributed by atoms with van der Waals surface area (Å²) >= 11 is 1.77. The minimum Gasteiger partial charge on any atom is -0.371 e. The molecule has 0 fully saturated rings. The van der Waals surface area contributed by atoms with Crippen molar-refractivity contribution in [3.8, 4) is 0 Å². The summed E-state index contributed by atoms with van der Waals surface area (Å²) in [7, 11) is 1.98. The van der Waals surface area contributed by atoms with Crippen molar-refractivity contribution in [2.75, 3.05) is 13.7 Å². The zero-order valence-electron chi connectivity index (χ0n) is 12.6. The van der Waals surface area contributed by atoms with E-state index in [9.17, 15) is 0 Å². The molecule has 0 radical (unpaired) electrons. The highest BCUT2D eigenvalue weighted by Crippen LogP contribution is 2.39. The topological polar surface area (TPSA) is 34.1 Å². The first kappa shape index (κ1) is 15.6. The molecule has 0 bridgehead atoms. The van der Waals surface area contributed by atoms with Gasteiger partial charge in [0.15, 0.2) is 0 Å². The molecule has 0 spiro atoms. The van der Waals surface area contributed by atoms with Gasteiger partial charge in [0.2, 0.25) is 0 Å². The van der Waals surface area contributed by atoms with Crippen molar-refractivity contribution in [3.05, 3.63) is 15.6 Å². The molecule has 18 heavy (non-hydrogen) atoms. The Balaban J connectivity index is 3.07. The second kappa shape index (κ2) is 6.13. The average molecular weight is 270 g/mol. The molecule has 1 aromatic heterocycles. The summed E-state index contributed by atoms with van der Waals surface area (Å²) in [5, 5.41) is 4.37. The van der Waals surface area contributed by atoms with Crippen LogP contribution in [0.5, 0.6) is 0 Å². The highest BCUT2D eigenvalue weighted by Gasteiger charge is 2.30. The summed E-state index contributed by atoms with van der Waals surface area (Å²) in [5.74, 6) is 0. The number of rotatable bonds is 5. The van der Waals surface area contributed by atoms with Gasteiger partial charge in [-0.25, -0.2) is 4.98 Å². The van der Waals surface area contributed by atoms with E-state index in [0.717, 1.165) is 17.3 Å². The molecule has 0 aliphatic heterocycles. The van der Waals surface area contributed by atoms with Crippen molar-refractivity contribution in [1.82, 2.24) is 10.3 Å². The van der Waals surface area contributed by atoms with E-state index in [2.05, 4.69) is 39.9 Å². The van der Waals surface area contributed by atoms with Crippen LogP contribution in [0.2, 0.25) is 0 Å². The number of hydrogen-bond donors (Lipinski definition) is 1. The third-order valence-corrected chi connectivity index (χ3v) is 4.40. The number of aryl methyl sites for hydroxylation is 1. The van der Waals surface area contributed by atoms with Gasteiger partial charge in [-0.1, -0.05) is 20.8 Å². The Bertz CT molecular complexity index is 382. The van der Waals surface area contributed by atoms with Gasteiger partial charge >= 0.3 is 0 Å². The molecule has 4 heteroatoms. The summed E-state index contributed by atoms with van der Waals surface area (Å²) in [6.45, 7) is 13.6. The molecule has 1 N–H and O–H groups in total. The summed E-state index contributed by atoms with van der Waals surface area (Å²) in [6.07, 6.45) is 0.0732. The van der Waals surface area contributed by atoms with Crippen molar-refractivity contribution in [1.29, 1.82) is 0 Å². The van der Waals surface area contributed by atoms with Gasteiger partial charge in [0.25, 0.3) is 0 Å². The molecule has 1 rings (SSSR count). The van der Waals surface area contributed by atoms with Crippen LogP contribution in [0.3, 0.4) is 0 Å². The normalized spacial score (nSPS) is 15.7. The fraction of sp³-hybridized carbons (Fsp3) is 0.786. The quantitative estimate of drug-likeness (QED) is 0.882. The molecule has 0 saturated heterocycles. The van der Waals surface area contributed by atoms with Crippen LogP contribution < -0.4 is 5.32 Å². The smallest absolute Gasteiger partial charge is 0.123 e. The van der Waals surface area contributed by atoms with E-state index in [1.165, 1.54) is 4.88 Å². The predicted molar refractivity (Wildman–Crippen MR) is 78.1 cm³/mol. The van der Waals surface area contributed by atoms with Gasteiger partial charge in [-0.05, 0) is 33.2 Å². The van der Waals surface area contributed by atoms with Gasteiger partial charge in [-0.15, -0.1) is 11.3 Å². The van der Waals surface area contributed by atoms with E-state index in [0.29, 0.717) is 6.04 Å². The van der Waals surface area contributed by atoms with Gasteiger partial charge in [-0.2, -0.15) is 0 Å². The van der Waals surface area contributed by atoms with Gasteiger partial charge in [0.1, 0.15) is 11.1 Å². The lowest BCUT2D eigenvalue weighted by atomic mass is 9.89. The summed E-state index contributed by atoms with van der Waals surface area (Å²) in [6, 6.07) is 0.346. The lowest BCUT2D eigenvalue weighted by Crippen LogP contribution is -2.21. The molecule has 104 valence electrons. The van der Waals surface area contributed by atoms with E-state index in [1.807, 2.05) is 14.0 Å². The number of nitrogens with one attached hydrogen (secondary N) is 1. The fourth-order valence-electron chi connectivity index (χ4n) is 1.93. The van der Waals surface area contributed by atoms with E-state index in [4.69, 9.17) is 9.72 Å². The lowest BCUT2D eigenvalue weighted by Gasteiger charge is -2.28. The zero-order valence-corrected chi connectivity index (χ0v) is 13.4. The second-order valence-electron chi connectivity index (χ2n) is 5.71. The SMILES string of the molecule is CCOC(c1nc(C)c(C(C)NC)s1)C(C)(C)C. The number of ether oxygens (including phenoxy) is 1. The summed E-state index contributed by atoms with van der Waals surface area (Å²) < 4.78 is 5.90. The molecule has 1 heterocycles. The zero-order chi connectivity index (χ0) is 13.9. The van der Waals surface area contributed by atoms with Crippen molar-refractivity contribution < 1.29 is 4.74 Å². The van der Waals surface area contributed by atoms with Crippen LogP contribution in [-0.2, 0) is 4.74 Å². The van der Waals surface area contributed by atoms with Crippen LogP contribution in [0.25, 0.3) is 0 Å². The standard InChI is InChI=1S/C14H26N2OS/c1-8-17-12(14(4,5)6)13-16-10(3)11(18-13)9(2)15-7/h9,12,15H,8H2,1-7H3. The first-order chi connectivity index (χ1) is 8.31. The molecule has 0 aromatic carbocycles. The van der Waals surface area contributed by atoms with Crippen LogP contribution in [-0.4, -0.2) is 18.6 Å². The van der Waals surface area contributed by atoms with Crippen LogP contribution in [0.4, 0.5) is 0 Å². The van der Waals surface area contributed by atoms with Crippen LogP contribution in [0.15, 0.2) is 0 Å². The Hall–Kier alpha value is -0.450. The molecule has 1 aromatic rings. The fourth-order valence-corrected chi connectivity index (χ4v) is 3.36. The summed E-state index contributed by atoms with van der Waals surface area (Å²) in [4.78, 5) is 6.03. The Morgan fingerprint density at radius 2 is 2.00 bits per heavy atom. The van der Waals surface area contributed by atoms with Crippen molar-refractivity contribution >= 4 is 11.3 Å². The molecule has 2 atom stereocenters. The average Bonchev–Trinajstić information content (AvgIpc) is 2.65. The minimum absolute atomic E-state index is 0.0699.